The normalized spacial score (nSPS) is 10.4. The van der Waals surface area contributed by atoms with Gasteiger partial charge in [-0.05, 0) is 25.0 Å². The molecule has 0 radical (unpaired) electrons. The molecule has 1 heterocycles. The Bertz CT molecular complexity index is 973. The first-order valence-corrected chi connectivity index (χ1v) is 8.82. The second-order valence-electron chi connectivity index (χ2n) is 6.23. The van der Waals surface area contributed by atoms with Gasteiger partial charge in [0.25, 0.3) is 0 Å². The molecule has 0 unspecified atom stereocenters. The molecule has 0 saturated carbocycles. The minimum atomic E-state index is -0.691. The van der Waals surface area contributed by atoms with E-state index in [0.29, 0.717) is 11.3 Å². The van der Waals surface area contributed by atoms with Crippen molar-refractivity contribution in [2.45, 2.75) is 27.1 Å². The maximum atomic E-state index is 12.5. The number of hydrogen-bond acceptors (Lipinski definition) is 6. The zero-order valence-electron chi connectivity index (χ0n) is 15.7. The van der Waals surface area contributed by atoms with Gasteiger partial charge in [-0.25, -0.2) is 19.6 Å². The highest BCUT2D eigenvalue weighted by molar-refractivity contribution is 5.91. The smallest absolute Gasteiger partial charge is 0.376 e. The number of nitrogens with zero attached hydrogens (tertiary/aromatic N) is 2. The molecule has 0 bridgehead atoms. The first-order valence-electron chi connectivity index (χ1n) is 8.82. The van der Waals surface area contributed by atoms with Crippen molar-refractivity contribution >= 4 is 11.9 Å². The molecule has 0 spiro atoms. The third-order valence-electron chi connectivity index (χ3n) is 4.19. The van der Waals surface area contributed by atoms with Crippen LogP contribution in [0.5, 0.6) is 0 Å². The molecule has 142 valence electrons. The van der Waals surface area contributed by atoms with Crippen molar-refractivity contribution in [3.63, 3.8) is 0 Å². The third-order valence-corrected chi connectivity index (χ3v) is 4.19. The fraction of sp³-hybridized carbons (Fsp3) is 0.182. The third kappa shape index (κ3) is 4.79. The monoisotopic (exact) mass is 376 g/mol. The molecule has 0 atom stereocenters. The van der Waals surface area contributed by atoms with Crippen LogP contribution in [0.4, 0.5) is 0 Å². The second kappa shape index (κ2) is 8.90. The number of aromatic nitrogens is 2. The van der Waals surface area contributed by atoms with Crippen molar-refractivity contribution in [3.8, 4) is 0 Å². The van der Waals surface area contributed by atoms with Crippen LogP contribution in [0.15, 0.2) is 60.7 Å². The molecule has 0 saturated heterocycles. The van der Waals surface area contributed by atoms with E-state index < -0.39 is 11.9 Å². The zero-order valence-corrected chi connectivity index (χ0v) is 15.7. The van der Waals surface area contributed by atoms with Gasteiger partial charge in [0.1, 0.15) is 13.2 Å². The van der Waals surface area contributed by atoms with Gasteiger partial charge < -0.3 is 9.47 Å². The topological polar surface area (TPSA) is 78.4 Å². The predicted molar refractivity (Wildman–Crippen MR) is 103 cm³/mol. The quantitative estimate of drug-likeness (QED) is 0.609. The van der Waals surface area contributed by atoms with E-state index in [2.05, 4.69) is 9.97 Å². The van der Waals surface area contributed by atoms with Crippen LogP contribution in [0, 0.1) is 13.8 Å². The van der Waals surface area contributed by atoms with Crippen LogP contribution < -0.4 is 0 Å². The fourth-order valence-electron chi connectivity index (χ4n) is 2.50. The average Bonchev–Trinajstić information content (AvgIpc) is 2.73. The zero-order chi connectivity index (χ0) is 19.9. The summed E-state index contributed by atoms with van der Waals surface area (Å²) in [6.07, 6.45) is 0. The van der Waals surface area contributed by atoms with Crippen LogP contribution in [-0.4, -0.2) is 21.9 Å². The SMILES string of the molecule is Cc1nc(C(=O)OCc2ccccc2)nc(C(=O)OCc2ccccc2)c1C. The number of hydrogen-bond donors (Lipinski definition) is 0. The predicted octanol–water partition coefficient (Wildman–Crippen LogP) is 3.81. The lowest BCUT2D eigenvalue weighted by molar-refractivity contribution is 0.0449. The van der Waals surface area contributed by atoms with Crippen LogP contribution in [0.3, 0.4) is 0 Å². The molecule has 0 fully saturated rings. The van der Waals surface area contributed by atoms with Crippen LogP contribution in [0.1, 0.15) is 43.5 Å². The molecule has 0 N–H and O–H groups in total. The Balaban J connectivity index is 1.72. The van der Waals surface area contributed by atoms with Crippen molar-refractivity contribution in [2.75, 3.05) is 0 Å². The number of carbonyl (C=O) groups excluding carboxylic acids is 2. The van der Waals surface area contributed by atoms with Gasteiger partial charge in [-0.1, -0.05) is 60.7 Å². The highest BCUT2D eigenvalue weighted by Gasteiger charge is 2.21. The van der Waals surface area contributed by atoms with Gasteiger partial charge in [0.15, 0.2) is 5.69 Å². The Morgan fingerprint density at radius 3 is 1.79 bits per heavy atom. The van der Waals surface area contributed by atoms with Crippen molar-refractivity contribution in [1.82, 2.24) is 9.97 Å². The number of ether oxygens (including phenoxy) is 2. The number of aryl methyl sites for hydroxylation is 1. The molecule has 1 aromatic heterocycles. The van der Waals surface area contributed by atoms with E-state index in [-0.39, 0.29) is 24.7 Å². The summed E-state index contributed by atoms with van der Waals surface area (Å²) < 4.78 is 10.6. The number of rotatable bonds is 6. The average molecular weight is 376 g/mol. The minimum absolute atomic E-state index is 0.0649. The summed E-state index contributed by atoms with van der Waals surface area (Å²) in [5.74, 6) is -1.46. The van der Waals surface area contributed by atoms with Gasteiger partial charge >= 0.3 is 11.9 Å². The van der Waals surface area contributed by atoms with Gasteiger partial charge in [0, 0.05) is 11.3 Å². The van der Waals surface area contributed by atoms with Gasteiger partial charge in [-0.3, -0.25) is 0 Å². The van der Waals surface area contributed by atoms with Gasteiger partial charge in [-0.15, -0.1) is 0 Å². The molecule has 6 heteroatoms. The summed E-state index contributed by atoms with van der Waals surface area (Å²) >= 11 is 0. The lowest BCUT2D eigenvalue weighted by Gasteiger charge is -2.10. The number of carbonyl (C=O) groups is 2. The summed E-state index contributed by atoms with van der Waals surface area (Å²) in [6, 6.07) is 18.6. The maximum Gasteiger partial charge on any atom is 0.376 e. The summed E-state index contributed by atoms with van der Waals surface area (Å²) in [5.41, 5.74) is 2.87. The van der Waals surface area contributed by atoms with E-state index in [1.807, 2.05) is 60.7 Å². The Labute approximate surface area is 163 Å². The van der Waals surface area contributed by atoms with Gasteiger partial charge in [0.05, 0.1) is 0 Å². The summed E-state index contributed by atoms with van der Waals surface area (Å²) in [5, 5.41) is 0. The molecule has 6 nitrogen and oxygen atoms in total. The lowest BCUT2D eigenvalue weighted by Crippen LogP contribution is -2.17. The highest BCUT2D eigenvalue weighted by Crippen LogP contribution is 2.13. The van der Waals surface area contributed by atoms with E-state index in [9.17, 15) is 9.59 Å². The van der Waals surface area contributed by atoms with Crippen LogP contribution in [-0.2, 0) is 22.7 Å². The fourth-order valence-corrected chi connectivity index (χ4v) is 2.50. The molecular formula is C22H20N2O4. The van der Waals surface area contributed by atoms with E-state index in [4.69, 9.17) is 9.47 Å². The van der Waals surface area contributed by atoms with E-state index in [0.717, 1.165) is 11.1 Å². The molecule has 2 aromatic carbocycles. The maximum absolute atomic E-state index is 12.5. The van der Waals surface area contributed by atoms with Crippen molar-refractivity contribution in [2.24, 2.45) is 0 Å². The second-order valence-corrected chi connectivity index (χ2v) is 6.23. The largest absolute Gasteiger partial charge is 0.456 e. The molecule has 0 aliphatic heterocycles. The van der Waals surface area contributed by atoms with Crippen LogP contribution in [0.25, 0.3) is 0 Å². The minimum Gasteiger partial charge on any atom is -0.456 e. The van der Waals surface area contributed by atoms with E-state index in [1.165, 1.54) is 0 Å². The Morgan fingerprint density at radius 1 is 0.750 bits per heavy atom. The Morgan fingerprint density at radius 2 is 1.25 bits per heavy atom. The Kier molecular flexibility index (Phi) is 6.11. The Hall–Kier alpha value is -3.54. The summed E-state index contributed by atoms with van der Waals surface area (Å²) in [7, 11) is 0. The molecule has 0 aliphatic carbocycles. The highest BCUT2D eigenvalue weighted by atomic mass is 16.5. The van der Waals surface area contributed by atoms with Crippen molar-refractivity contribution < 1.29 is 19.1 Å². The van der Waals surface area contributed by atoms with Gasteiger partial charge in [-0.2, -0.15) is 0 Å². The van der Waals surface area contributed by atoms with Crippen LogP contribution >= 0.6 is 0 Å². The number of benzene rings is 2. The first kappa shape index (κ1) is 19.2. The van der Waals surface area contributed by atoms with E-state index >= 15 is 0 Å². The van der Waals surface area contributed by atoms with Gasteiger partial charge in [0.2, 0.25) is 5.82 Å². The van der Waals surface area contributed by atoms with Crippen LogP contribution in [0.2, 0.25) is 0 Å². The standard InChI is InChI=1S/C22H20N2O4/c1-15-16(2)23-20(22(26)28-14-18-11-7-4-8-12-18)24-19(15)21(25)27-13-17-9-5-3-6-10-17/h3-12H,13-14H2,1-2H3. The first-order chi connectivity index (χ1) is 13.5. The van der Waals surface area contributed by atoms with Crippen molar-refractivity contribution in [1.29, 1.82) is 0 Å². The van der Waals surface area contributed by atoms with E-state index in [1.54, 1.807) is 13.8 Å². The lowest BCUT2D eigenvalue weighted by atomic mass is 10.2. The van der Waals surface area contributed by atoms with Crippen molar-refractivity contribution in [3.05, 3.63) is 94.6 Å². The summed E-state index contributed by atoms with van der Waals surface area (Å²) in [4.78, 5) is 33.1. The molecule has 0 aliphatic rings. The number of esters is 2. The summed E-state index contributed by atoms with van der Waals surface area (Å²) in [6.45, 7) is 3.65. The molecule has 28 heavy (non-hydrogen) atoms. The molecular weight excluding hydrogens is 356 g/mol. The molecule has 0 amide bonds. The molecule has 3 rings (SSSR count). The molecule has 3 aromatic rings.